The molecular weight excluding hydrogens is 384 g/mol. The van der Waals surface area contributed by atoms with Crippen LogP contribution in [0.4, 0.5) is 0 Å². The fraction of sp³-hybridized carbons (Fsp3) is 0.105. The minimum absolute atomic E-state index is 0.0160. The van der Waals surface area contributed by atoms with Crippen LogP contribution in [0.15, 0.2) is 70.0 Å². The molecule has 0 fully saturated rings. The predicted octanol–water partition coefficient (Wildman–Crippen LogP) is 4.25. The topological polar surface area (TPSA) is 72.2 Å². The normalized spacial score (nSPS) is 18.8. The lowest BCUT2D eigenvalue weighted by Crippen LogP contribution is -2.28. The summed E-state index contributed by atoms with van der Waals surface area (Å²) in [6.07, 6.45) is 0. The van der Waals surface area contributed by atoms with Gasteiger partial charge in [-0.3, -0.25) is 14.9 Å². The van der Waals surface area contributed by atoms with Crippen LogP contribution >= 0.6 is 15.9 Å². The van der Waals surface area contributed by atoms with Gasteiger partial charge in [-0.05, 0) is 24.6 Å². The Morgan fingerprint density at radius 1 is 1.08 bits per heavy atom. The first-order valence-electron chi connectivity index (χ1n) is 7.75. The molecule has 1 aliphatic heterocycles. The molecule has 1 heterocycles. The maximum absolute atomic E-state index is 13.0. The molecule has 2 aliphatic rings. The molecule has 0 radical (unpaired) electrons. The van der Waals surface area contributed by atoms with E-state index in [4.69, 9.17) is 0 Å². The van der Waals surface area contributed by atoms with Gasteiger partial charge in [0.1, 0.15) is 5.92 Å². The molecule has 0 amide bonds. The molecule has 0 bridgehead atoms. The van der Waals surface area contributed by atoms with Gasteiger partial charge in [0, 0.05) is 21.2 Å². The lowest BCUT2D eigenvalue weighted by Gasteiger charge is -2.24. The van der Waals surface area contributed by atoms with Gasteiger partial charge < -0.3 is 5.32 Å². The van der Waals surface area contributed by atoms with Crippen molar-refractivity contribution >= 4 is 27.4 Å². The lowest BCUT2D eigenvalue weighted by molar-refractivity contribution is -0.430. The number of carbonyl (C=O) groups is 1. The number of nitrogens with zero attached hydrogens (tertiary/aromatic N) is 1. The predicted molar refractivity (Wildman–Crippen MR) is 97.4 cm³/mol. The third kappa shape index (κ3) is 2.33. The molecule has 124 valence electrons. The first-order chi connectivity index (χ1) is 12.0. The third-order valence-corrected chi connectivity index (χ3v) is 5.14. The minimum Gasteiger partial charge on any atom is -0.353 e. The van der Waals surface area contributed by atoms with Crippen molar-refractivity contribution in [3.8, 4) is 0 Å². The quantitative estimate of drug-likeness (QED) is 0.608. The van der Waals surface area contributed by atoms with Crippen molar-refractivity contribution in [1.82, 2.24) is 5.32 Å². The molecule has 1 aliphatic carbocycles. The second-order valence-corrected chi connectivity index (χ2v) is 6.96. The number of carbonyl (C=O) groups excluding carboxylic acids is 1. The molecule has 0 aromatic heterocycles. The molecule has 5 nitrogen and oxygen atoms in total. The zero-order valence-corrected chi connectivity index (χ0v) is 14.8. The van der Waals surface area contributed by atoms with Gasteiger partial charge in [0.25, 0.3) is 5.70 Å². The highest BCUT2D eigenvalue weighted by molar-refractivity contribution is 9.10. The van der Waals surface area contributed by atoms with Crippen LogP contribution in [0.2, 0.25) is 0 Å². The second-order valence-electron chi connectivity index (χ2n) is 6.04. The third-order valence-electron chi connectivity index (χ3n) is 4.61. The first kappa shape index (κ1) is 15.8. The molecule has 0 saturated carbocycles. The van der Waals surface area contributed by atoms with E-state index in [1.807, 2.05) is 36.4 Å². The van der Waals surface area contributed by atoms with Gasteiger partial charge in [0.2, 0.25) is 0 Å². The van der Waals surface area contributed by atoms with Gasteiger partial charge in [-0.25, -0.2) is 0 Å². The number of ketones is 1. The van der Waals surface area contributed by atoms with Crippen LogP contribution in [-0.2, 0) is 0 Å². The van der Waals surface area contributed by atoms with Gasteiger partial charge in [-0.2, -0.15) is 0 Å². The molecule has 2 aromatic rings. The smallest absolute Gasteiger partial charge is 0.276 e. The number of hydrogen-bond donors (Lipinski definition) is 1. The standard InChI is InChI=1S/C19H13BrN2O3/c1-10-18(22(24)25)15(11-6-8-12(20)9-7-11)16-17(21-10)13-4-2-3-5-14(13)19(16)23/h2-9,15,21H,1H3/t15-/m1/s1. The number of nitro groups is 1. The average molecular weight is 397 g/mol. The van der Waals surface area contributed by atoms with Crippen molar-refractivity contribution in [2.24, 2.45) is 0 Å². The van der Waals surface area contributed by atoms with E-state index in [1.165, 1.54) is 0 Å². The highest BCUT2D eigenvalue weighted by atomic mass is 79.9. The molecule has 0 spiro atoms. The monoisotopic (exact) mass is 396 g/mol. The summed E-state index contributed by atoms with van der Waals surface area (Å²) in [6.45, 7) is 1.68. The van der Waals surface area contributed by atoms with Crippen LogP contribution in [0.5, 0.6) is 0 Å². The molecular formula is C19H13BrN2O3. The van der Waals surface area contributed by atoms with E-state index < -0.39 is 10.8 Å². The Morgan fingerprint density at radius 2 is 1.72 bits per heavy atom. The molecule has 0 saturated heterocycles. The van der Waals surface area contributed by atoms with Crippen LogP contribution < -0.4 is 5.32 Å². The zero-order chi connectivity index (χ0) is 17.7. The van der Waals surface area contributed by atoms with Crippen LogP contribution in [0.3, 0.4) is 0 Å². The van der Waals surface area contributed by atoms with Gasteiger partial charge in [-0.15, -0.1) is 0 Å². The van der Waals surface area contributed by atoms with Crippen LogP contribution in [0, 0.1) is 10.1 Å². The van der Waals surface area contributed by atoms with Gasteiger partial charge in [-0.1, -0.05) is 52.3 Å². The van der Waals surface area contributed by atoms with Crippen molar-refractivity contribution in [3.05, 3.63) is 96.8 Å². The van der Waals surface area contributed by atoms with Crippen LogP contribution in [0.25, 0.3) is 5.70 Å². The number of dihydropyridines is 1. The first-order valence-corrected chi connectivity index (χ1v) is 8.54. The second kappa shape index (κ2) is 5.67. The summed E-state index contributed by atoms with van der Waals surface area (Å²) in [4.78, 5) is 24.4. The van der Waals surface area contributed by atoms with Crippen LogP contribution in [0.1, 0.15) is 34.3 Å². The molecule has 1 atom stereocenters. The molecule has 6 heteroatoms. The van der Waals surface area contributed by atoms with Gasteiger partial charge >= 0.3 is 0 Å². The number of rotatable bonds is 2. The Hall–Kier alpha value is -2.73. The summed E-state index contributed by atoms with van der Waals surface area (Å²) in [6, 6.07) is 14.6. The summed E-state index contributed by atoms with van der Waals surface area (Å²) in [5, 5.41) is 14.8. The van der Waals surface area contributed by atoms with E-state index >= 15 is 0 Å². The maximum atomic E-state index is 13.0. The molecule has 25 heavy (non-hydrogen) atoms. The minimum atomic E-state index is -0.695. The van der Waals surface area contributed by atoms with E-state index in [1.54, 1.807) is 19.1 Å². The number of benzene rings is 2. The van der Waals surface area contributed by atoms with Crippen molar-refractivity contribution < 1.29 is 9.72 Å². The highest BCUT2D eigenvalue weighted by Gasteiger charge is 2.45. The number of fused-ring (bicyclic) bond motifs is 2. The Morgan fingerprint density at radius 3 is 2.36 bits per heavy atom. The fourth-order valence-corrected chi connectivity index (χ4v) is 3.80. The summed E-state index contributed by atoms with van der Waals surface area (Å²) < 4.78 is 0.878. The SMILES string of the molecule is CC1=C([N+](=O)[O-])[C@H](c2ccc(Br)cc2)C2=C(N1)c1ccccc1C2=O. The van der Waals surface area contributed by atoms with Gasteiger partial charge in [0.15, 0.2) is 5.78 Å². The molecule has 0 unspecified atom stereocenters. The fourth-order valence-electron chi connectivity index (χ4n) is 3.54. The average Bonchev–Trinajstić information content (AvgIpc) is 2.87. The number of nitrogens with one attached hydrogen (secondary N) is 1. The maximum Gasteiger partial charge on any atom is 0.276 e. The summed E-state index contributed by atoms with van der Waals surface area (Å²) >= 11 is 3.38. The van der Waals surface area contributed by atoms with E-state index in [2.05, 4.69) is 21.2 Å². The number of halogens is 1. The summed E-state index contributed by atoms with van der Waals surface area (Å²) in [5.74, 6) is -0.850. The number of hydrogen-bond acceptors (Lipinski definition) is 4. The Balaban J connectivity index is 1.96. The largest absolute Gasteiger partial charge is 0.353 e. The lowest BCUT2D eigenvalue weighted by atomic mass is 9.83. The Bertz CT molecular complexity index is 990. The number of allylic oxidation sites excluding steroid dienone is 2. The molecule has 4 rings (SSSR count). The zero-order valence-electron chi connectivity index (χ0n) is 13.2. The van der Waals surface area contributed by atoms with Crippen molar-refractivity contribution in [3.63, 3.8) is 0 Å². The number of Topliss-reactive ketones (excluding diaryl/α,β-unsaturated/α-hetero) is 1. The van der Waals surface area contributed by atoms with E-state index in [9.17, 15) is 14.9 Å². The van der Waals surface area contributed by atoms with Crippen LogP contribution in [-0.4, -0.2) is 10.7 Å². The van der Waals surface area contributed by atoms with Crippen molar-refractivity contribution in [2.75, 3.05) is 0 Å². The van der Waals surface area contributed by atoms with E-state index in [0.29, 0.717) is 22.5 Å². The van der Waals surface area contributed by atoms with Crippen molar-refractivity contribution in [1.29, 1.82) is 0 Å². The summed E-state index contributed by atoms with van der Waals surface area (Å²) in [5.41, 5.74) is 3.70. The van der Waals surface area contributed by atoms with E-state index in [0.717, 1.165) is 15.6 Å². The van der Waals surface area contributed by atoms with Crippen molar-refractivity contribution in [2.45, 2.75) is 12.8 Å². The Labute approximate surface area is 152 Å². The molecule has 2 aromatic carbocycles. The van der Waals surface area contributed by atoms with E-state index in [-0.39, 0.29) is 11.5 Å². The van der Waals surface area contributed by atoms with Gasteiger partial charge in [0.05, 0.1) is 16.3 Å². The summed E-state index contributed by atoms with van der Waals surface area (Å²) in [7, 11) is 0. The Kier molecular flexibility index (Phi) is 3.58. The molecule has 1 N–H and O–H groups in total. The highest BCUT2D eigenvalue weighted by Crippen LogP contribution is 2.46.